The van der Waals surface area contributed by atoms with Crippen molar-refractivity contribution in [3.63, 3.8) is 0 Å². The Hall–Kier alpha value is -3.24. The minimum atomic E-state index is -3.80. The quantitative estimate of drug-likeness (QED) is 0.570. The van der Waals surface area contributed by atoms with Gasteiger partial charge in [-0.1, -0.05) is 24.1 Å². The second-order valence-electron chi connectivity index (χ2n) is 5.06. The van der Waals surface area contributed by atoms with E-state index in [4.69, 9.17) is 15.9 Å². The third-order valence-corrected chi connectivity index (χ3v) is 4.28. The molecule has 2 rings (SSSR count). The lowest BCUT2D eigenvalue weighted by Crippen LogP contribution is -2.10. The topological polar surface area (TPSA) is 81.7 Å². The summed E-state index contributed by atoms with van der Waals surface area (Å²) in [6.45, 7) is 0.0614. The number of carbonyl (C=O) groups excluding carboxylic acids is 1. The van der Waals surface area contributed by atoms with Crippen LogP contribution in [0.3, 0.4) is 0 Å². The fourth-order valence-corrected chi connectivity index (χ4v) is 2.97. The maximum atomic E-state index is 12.2. The van der Waals surface area contributed by atoms with Gasteiger partial charge >= 0.3 is 0 Å². The molecule has 0 amide bonds. The van der Waals surface area contributed by atoms with E-state index in [1.165, 1.54) is 25.3 Å². The molecule has 2 aromatic carbocycles. The second-order valence-corrected chi connectivity index (χ2v) is 6.62. The van der Waals surface area contributed by atoms with Crippen LogP contribution in [0.5, 0.6) is 11.5 Å². The summed E-state index contributed by atoms with van der Waals surface area (Å²) < 4.78 is 37.3. The van der Waals surface area contributed by atoms with E-state index in [9.17, 15) is 13.2 Å². The van der Waals surface area contributed by atoms with Crippen molar-refractivity contribution in [2.24, 2.45) is 0 Å². The Labute approximate surface area is 152 Å². The van der Waals surface area contributed by atoms with Crippen molar-refractivity contribution < 1.29 is 22.7 Å². The monoisotopic (exact) mass is 371 g/mol. The van der Waals surface area contributed by atoms with Gasteiger partial charge < -0.3 is 9.47 Å². The van der Waals surface area contributed by atoms with E-state index < -0.39 is 10.0 Å². The van der Waals surface area contributed by atoms with Crippen LogP contribution in [0.2, 0.25) is 0 Å². The summed E-state index contributed by atoms with van der Waals surface area (Å²) >= 11 is 0. The number of nitrogens with one attached hydrogen (secondary N) is 1. The van der Waals surface area contributed by atoms with Crippen LogP contribution >= 0.6 is 0 Å². The summed E-state index contributed by atoms with van der Waals surface area (Å²) in [5.74, 6) is 3.24. The van der Waals surface area contributed by atoms with Crippen LogP contribution in [0, 0.1) is 12.3 Å². The Bertz CT molecular complexity index is 958. The summed E-state index contributed by atoms with van der Waals surface area (Å²) in [6.07, 6.45) is 7.16. The number of hydrogen-bond donors (Lipinski definition) is 1. The van der Waals surface area contributed by atoms with E-state index in [1.807, 2.05) is 0 Å². The highest BCUT2D eigenvalue weighted by molar-refractivity contribution is 7.95. The molecule has 26 heavy (non-hydrogen) atoms. The molecule has 0 atom stereocenters. The lowest BCUT2D eigenvalue weighted by molar-refractivity contribution is 0.112. The standard InChI is InChI=1S/C19H17NO5S/c1-3-11-25-19-13-15(8-9-18(19)24-2)10-12-26(22,23)20-17-7-5-4-6-16(17)14-21/h1,4-10,12-14,20H,11H2,2H3/b12-10+. The third kappa shape index (κ3) is 5.13. The van der Waals surface area contributed by atoms with E-state index >= 15 is 0 Å². The minimum Gasteiger partial charge on any atom is -0.493 e. The number of terminal acetylenes is 1. The first-order valence-corrected chi connectivity index (χ1v) is 9.03. The number of aldehydes is 1. The van der Waals surface area contributed by atoms with Crippen LogP contribution in [-0.2, 0) is 10.0 Å². The zero-order valence-electron chi connectivity index (χ0n) is 14.0. The Morgan fingerprint density at radius 3 is 2.65 bits per heavy atom. The number of methoxy groups -OCH3 is 1. The van der Waals surface area contributed by atoms with Gasteiger partial charge in [0, 0.05) is 5.56 Å². The highest BCUT2D eigenvalue weighted by atomic mass is 32.2. The number of para-hydroxylation sites is 1. The van der Waals surface area contributed by atoms with Crippen LogP contribution in [0.15, 0.2) is 47.9 Å². The molecular weight excluding hydrogens is 354 g/mol. The molecule has 0 aromatic heterocycles. The van der Waals surface area contributed by atoms with Crippen LogP contribution in [-0.4, -0.2) is 28.4 Å². The largest absolute Gasteiger partial charge is 0.493 e. The average Bonchev–Trinajstić information content (AvgIpc) is 2.65. The summed E-state index contributed by atoms with van der Waals surface area (Å²) in [5, 5.41) is 1.00. The highest BCUT2D eigenvalue weighted by Crippen LogP contribution is 2.28. The van der Waals surface area contributed by atoms with E-state index in [2.05, 4.69) is 10.6 Å². The number of benzene rings is 2. The molecule has 0 aliphatic rings. The fraction of sp³-hybridized carbons (Fsp3) is 0.105. The van der Waals surface area contributed by atoms with Crippen LogP contribution in [0.1, 0.15) is 15.9 Å². The molecule has 0 radical (unpaired) electrons. The molecule has 6 nitrogen and oxygen atoms in total. The number of sulfonamides is 1. The molecular formula is C19H17NO5S. The van der Waals surface area contributed by atoms with Gasteiger partial charge in [0.05, 0.1) is 18.2 Å². The molecule has 0 aliphatic carbocycles. The van der Waals surface area contributed by atoms with Gasteiger partial charge in [-0.15, -0.1) is 6.42 Å². The molecule has 0 unspecified atom stereocenters. The van der Waals surface area contributed by atoms with Crippen LogP contribution in [0.4, 0.5) is 5.69 Å². The summed E-state index contributed by atoms with van der Waals surface area (Å²) in [4.78, 5) is 11.0. The first-order valence-electron chi connectivity index (χ1n) is 7.48. The van der Waals surface area contributed by atoms with Crippen molar-refractivity contribution >= 4 is 28.1 Å². The van der Waals surface area contributed by atoms with Crippen molar-refractivity contribution in [2.45, 2.75) is 0 Å². The molecule has 1 N–H and O–H groups in total. The molecule has 134 valence electrons. The van der Waals surface area contributed by atoms with Gasteiger partial charge in [-0.3, -0.25) is 9.52 Å². The van der Waals surface area contributed by atoms with Crippen LogP contribution < -0.4 is 14.2 Å². The summed E-state index contributed by atoms with van der Waals surface area (Å²) in [5.41, 5.74) is 1.03. The van der Waals surface area contributed by atoms with Gasteiger partial charge in [0.25, 0.3) is 10.0 Å². The van der Waals surface area contributed by atoms with Gasteiger partial charge in [0.15, 0.2) is 17.8 Å². The first kappa shape index (κ1) is 19.1. The smallest absolute Gasteiger partial charge is 0.255 e. The highest BCUT2D eigenvalue weighted by Gasteiger charge is 2.10. The molecule has 0 saturated carbocycles. The molecule has 0 fully saturated rings. The van der Waals surface area contributed by atoms with E-state index in [0.717, 1.165) is 5.41 Å². The number of rotatable bonds is 8. The van der Waals surface area contributed by atoms with Crippen molar-refractivity contribution in [1.29, 1.82) is 0 Å². The Morgan fingerprint density at radius 2 is 1.96 bits per heavy atom. The SMILES string of the molecule is C#CCOc1cc(/C=C/S(=O)(=O)Nc2ccccc2C=O)ccc1OC. The van der Waals surface area contributed by atoms with Gasteiger partial charge in [-0.25, -0.2) is 8.42 Å². The molecule has 2 aromatic rings. The minimum absolute atomic E-state index is 0.0614. The second kappa shape index (κ2) is 8.74. The predicted molar refractivity (Wildman–Crippen MR) is 101 cm³/mol. The molecule has 0 heterocycles. The number of ether oxygens (including phenoxy) is 2. The van der Waals surface area contributed by atoms with Gasteiger partial charge in [0.1, 0.15) is 6.61 Å². The van der Waals surface area contributed by atoms with E-state index in [-0.39, 0.29) is 17.9 Å². The van der Waals surface area contributed by atoms with Gasteiger partial charge in [0.2, 0.25) is 0 Å². The van der Waals surface area contributed by atoms with Crippen molar-refractivity contribution in [3.05, 3.63) is 59.0 Å². The molecule has 0 bridgehead atoms. The number of hydrogen-bond acceptors (Lipinski definition) is 5. The molecule has 7 heteroatoms. The lowest BCUT2D eigenvalue weighted by atomic mass is 10.2. The first-order chi connectivity index (χ1) is 12.5. The summed E-state index contributed by atoms with van der Waals surface area (Å²) in [6, 6.07) is 11.2. The number of anilines is 1. The maximum Gasteiger partial charge on any atom is 0.255 e. The zero-order chi connectivity index (χ0) is 19.0. The van der Waals surface area contributed by atoms with E-state index in [1.54, 1.807) is 30.3 Å². The predicted octanol–water partition coefficient (Wildman–Crippen LogP) is 2.93. The zero-order valence-corrected chi connectivity index (χ0v) is 14.8. The normalized spacial score (nSPS) is 10.9. The Morgan fingerprint density at radius 1 is 1.19 bits per heavy atom. The number of carbonyl (C=O) groups is 1. The summed E-state index contributed by atoms with van der Waals surface area (Å²) in [7, 11) is -2.31. The van der Waals surface area contributed by atoms with Gasteiger partial charge in [-0.2, -0.15) is 0 Å². The van der Waals surface area contributed by atoms with Crippen molar-refractivity contribution in [1.82, 2.24) is 0 Å². The van der Waals surface area contributed by atoms with Crippen molar-refractivity contribution in [3.8, 4) is 23.8 Å². The Kier molecular flexibility index (Phi) is 6.42. The lowest BCUT2D eigenvalue weighted by Gasteiger charge is -2.09. The molecule has 0 saturated heterocycles. The van der Waals surface area contributed by atoms with Crippen molar-refractivity contribution in [2.75, 3.05) is 18.4 Å². The Balaban J connectivity index is 2.22. The fourth-order valence-electron chi connectivity index (χ4n) is 2.08. The van der Waals surface area contributed by atoms with E-state index in [0.29, 0.717) is 23.3 Å². The van der Waals surface area contributed by atoms with Gasteiger partial charge in [-0.05, 0) is 35.9 Å². The molecule has 0 aliphatic heterocycles. The molecule has 0 spiro atoms. The van der Waals surface area contributed by atoms with Crippen LogP contribution in [0.25, 0.3) is 6.08 Å². The average molecular weight is 371 g/mol. The third-order valence-electron chi connectivity index (χ3n) is 3.28. The maximum absolute atomic E-state index is 12.2.